The molecule has 1 aromatic carbocycles. The lowest BCUT2D eigenvalue weighted by atomic mass is 9.95. The minimum absolute atomic E-state index is 0.0573. The van der Waals surface area contributed by atoms with Crippen molar-refractivity contribution in [2.24, 2.45) is 0 Å². The van der Waals surface area contributed by atoms with E-state index in [9.17, 15) is 4.79 Å². The van der Waals surface area contributed by atoms with Crippen molar-refractivity contribution in [1.29, 1.82) is 0 Å². The Morgan fingerprint density at radius 1 is 1.00 bits per heavy atom. The van der Waals surface area contributed by atoms with Gasteiger partial charge in [0.1, 0.15) is 5.82 Å². The third-order valence-corrected chi connectivity index (χ3v) is 6.04. The second-order valence-corrected chi connectivity index (χ2v) is 8.27. The van der Waals surface area contributed by atoms with E-state index < -0.39 is 0 Å². The third-order valence-electron chi connectivity index (χ3n) is 6.04. The van der Waals surface area contributed by atoms with E-state index >= 15 is 0 Å². The largest absolute Gasteiger partial charge is 0.337 e. The molecule has 31 heavy (non-hydrogen) atoms. The van der Waals surface area contributed by atoms with Crippen LogP contribution < -0.4 is 0 Å². The van der Waals surface area contributed by atoms with Crippen LogP contribution in [0.15, 0.2) is 42.6 Å². The van der Waals surface area contributed by atoms with Gasteiger partial charge in [-0.1, -0.05) is 23.8 Å². The first-order chi connectivity index (χ1) is 15.0. The highest BCUT2D eigenvalue weighted by Crippen LogP contribution is 2.28. The van der Waals surface area contributed by atoms with Gasteiger partial charge in [-0.05, 0) is 57.4 Å². The Labute approximate surface area is 180 Å². The molecule has 0 N–H and O–H groups in total. The molecule has 0 bridgehead atoms. The molecule has 4 heterocycles. The lowest BCUT2D eigenvalue weighted by molar-refractivity contribution is 0.0703. The molecule has 1 aliphatic heterocycles. The third kappa shape index (κ3) is 3.48. The summed E-state index contributed by atoms with van der Waals surface area (Å²) in [6.07, 6.45) is 3.70. The Balaban J connectivity index is 1.32. The molecule has 0 saturated carbocycles. The van der Waals surface area contributed by atoms with Crippen molar-refractivity contribution >= 4 is 11.6 Å². The average Bonchev–Trinajstić information content (AvgIpc) is 3.37. The van der Waals surface area contributed by atoms with Gasteiger partial charge in [0.2, 0.25) is 0 Å². The van der Waals surface area contributed by atoms with E-state index in [-0.39, 0.29) is 11.8 Å². The molecule has 0 unspecified atom stereocenters. The minimum Gasteiger partial charge on any atom is -0.337 e. The van der Waals surface area contributed by atoms with Crippen molar-refractivity contribution in [1.82, 2.24) is 34.5 Å². The Bertz CT molecular complexity index is 1260. The topological polar surface area (TPSA) is 81.2 Å². The fourth-order valence-electron chi connectivity index (χ4n) is 4.34. The highest BCUT2D eigenvalue weighted by Gasteiger charge is 2.29. The van der Waals surface area contributed by atoms with Gasteiger partial charge in [0.15, 0.2) is 11.3 Å². The number of piperidine rings is 1. The van der Waals surface area contributed by atoms with E-state index in [2.05, 4.69) is 33.4 Å². The zero-order valence-electron chi connectivity index (χ0n) is 18.0. The molecule has 0 radical (unpaired) electrons. The first-order valence-corrected chi connectivity index (χ1v) is 10.6. The average molecular weight is 416 g/mol. The van der Waals surface area contributed by atoms with Gasteiger partial charge in [-0.3, -0.25) is 9.20 Å². The Morgan fingerprint density at radius 2 is 1.81 bits per heavy atom. The predicted molar refractivity (Wildman–Crippen MR) is 116 cm³/mol. The van der Waals surface area contributed by atoms with Crippen molar-refractivity contribution in [2.45, 2.75) is 39.5 Å². The number of carbonyl (C=O) groups excluding carboxylic acids is 1. The minimum atomic E-state index is -0.0573. The van der Waals surface area contributed by atoms with Crippen LogP contribution in [0.3, 0.4) is 0 Å². The number of amides is 1. The molecular weight excluding hydrogens is 390 g/mol. The second kappa shape index (κ2) is 7.61. The van der Waals surface area contributed by atoms with Crippen LogP contribution in [0.4, 0.5) is 0 Å². The van der Waals surface area contributed by atoms with E-state index in [1.165, 1.54) is 5.56 Å². The molecule has 1 amide bonds. The number of benzene rings is 1. The summed E-state index contributed by atoms with van der Waals surface area (Å²) in [5.74, 6) is 1.20. The van der Waals surface area contributed by atoms with Crippen LogP contribution in [0, 0.1) is 20.8 Å². The number of carbonyl (C=O) groups is 1. The van der Waals surface area contributed by atoms with Crippen LogP contribution in [0.1, 0.15) is 51.9 Å². The van der Waals surface area contributed by atoms with Crippen molar-refractivity contribution in [3.05, 3.63) is 70.9 Å². The van der Waals surface area contributed by atoms with Crippen LogP contribution in [-0.2, 0) is 0 Å². The summed E-state index contributed by atoms with van der Waals surface area (Å²) in [7, 11) is 0. The number of pyridine rings is 1. The summed E-state index contributed by atoms with van der Waals surface area (Å²) in [5, 5.41) is 17.7. The van der Waals surface area contributed by atoms with Gasteiger partial charge in [-0.25, -0.2) is 0 Å². The van der Waals surface area contributed by atoms with E-state index in [1.54, 1.807) is 4.80 Å². The number of rotatable bonds is 3. The Kier molecular flexibility index (Phi) is 4.77. The molecule has 3 aromatic heterocycles. The molecule has 158 valence electrons. The fraction of sp³-hybridized carbons (Fsp3) is 0.348. The standard InChI is InChI=1S/C23H25N7O/c1-15-7-8-19(16(2)14-15)30-26-17(3)21(27-30)23(31)28-12-9-18(10-13-28)22-25-24-20-6-4-5-11-29(20)22/h4-8,11,14,18H,9-10,12-13H2,1-3H3. The van der Waals surface area contributed by atoms with Crippen LogP contribution in [0.25, 0.3) is 11.3 Å². The molecule has 4 aromatic rings. The van der Waals surface area contributed by atoms with E-state index in [0.717, 1.165) is 35.6 Å². The number of likely N-dealkylation sites (tertiary alicyclic amines) is 1. The van der Waals surface area contributed by atoms with Gasteiger partial charge in [-0.2, -0.15) is 9.90 Å². The normalized spacial score (nSPS) is 15.0. The van der Waals surface area contributed by atoms with Crippen LogP contribution in [-0.4, -0.2) is 53.5 Å². The van der Waals surface area contributed by atoms with Gasteiger partial charge in [0, 0.05) is 25.2 Å². The van der Waals surface area contributed by atoms with Gasteiger partial charge < -0.3 is 4.90 Å². The summed E-state index contributed by atoms with van der Waals surface area (Å²) < 4.78 is 2.04. The van der Waals surface area contributed by atoms with Gasteiger partial charge in [0.05, 0.1) is 11.4 Å². The number of hydrogen-bond acceptors (Lipinski definition) is 5. The van der Waals surface area contributed by atoms with Crippen molar-refractivity contribution in [3.63, 3.8) is 0 Å². The summed E-state index contributed by atoms with van der Waals surface area (Å²) >= 11 is 0. The maximum atomic E-state index is 13.2. The number of fused-ring (bicyclic) bond motifs is 1. The summed E-state index contributed by atoms with van der Waals surface area (Å²) in [6, 6.07) is 12.0. The molecule has 1 saturated heterocycles. The molecule has 0 aliphatic carbocycles. The monoisotopic (exact) mass is 415 g/mol. The SMILES string of the molecule is Cc1ccc(-n2nc(C)c(C(=O)N3CCC(c4nnc5ccccn45)CC3)n2)c(C)c1. The van der Waals surface area contributed by atoms with Crippen LogP contribution in [0.5, 0.6) is 0 Å². The quantitative estimate of drug-likeness (QED) is 0.513. The lowest BCUT2D eigenvalue weighted by Gasteiger charge is -2.30. The lowest BCUT2D eigenvalue weighted by Crippen LogP contribution is -2.38. The van der Waals surface area contributed by atoms with Gasteiger partial charge in [-0.15, -0.1) is 15.3 Å². The Hall–Kier alpha value is -3.55. The maximum Gasteiger partial charge on any atom is 0.276 e. The first-order valence-electron chi connectivity index (χ1n) is 10.6. The number of aromatic nitrogens is 6. The van der Waals surface area contributed by atoms with Crippen molar-refractivity contribution < 1.29 is 4.79 Å². The van der Waals surface area contributed by atoms with Gasteiger partial charge in [0.25, 0.3) is 5.91 Å². The predicted octanol–water partition coefficient (Wildman–Crippen LogP) is 3.26. The fourth-order valence-corrected chi connectivity index (χ4v) is 4.34. The zero-order valence-corrected chi connectivity index (χ0v) is 18.0. The number of hydrogen-bond donors (Lipinski definition) is 0. The maximum absolute atomic E-state index is 13.2. The molecular formula is C23H25N7O. The molecule has 8 heteroatoms. The summed E-state index contributed by atoms with van der Waals surface area (Å²) in [4.78, 5) is 16.6. The van der Waals surface area contributed by atoms with Gasteiger partial charge >= 0.3 is 0 Å². The zero-order chi connectivity index (χ0) is 21.5. The summed E-state index contributed by atoms with van der Waals surface area (Å²) in [6.45, 7) is 7.26. The highest BCUT2D eigenvalue weighted by molar-refractivity contribution is 5.93. The molecule has 5 rings (SSSR count). The Morgan fingerprint density at radius 3 is 2.58 bits per heavy atom. The molecule has 1 fully saturated rings. The molecule has 0 spiro atoms. The van der Waals surface area contributed by atoms with Crippen molar-refractivity contribution in [3.8, 4) is 5.69 Å². The van der Waals surface area contributed by atoms with Crippen molar-refractivity contribution in [2.75, 3.05) is 13.1 Å². The molecule has 0 atom stereocenters. The van der Waals surface area contributed by atoms with E-state index in [4.69, 9.17) is 0 Å². The number of aryl methyl sites for hydroxylation is 3. The molecule has 1 aliphatic rings. The smallest absolute Gasteiger partial charge is 0.276 e. The number of nitrogens with zero attached hydrogens (tertiary/aromatic N) is 7. The van der Waals surface area contributed by atoms with E-state index in [1.807, 2.05) is 59.7 Å². The van der Waals surface area contributed by atoms with Crippen LogP contribution in [0.2, 0.25) is 0 Å². The highest BCUT2D eigenvalue weighted by atomic mass is 16.2. The van der Waals surface area contributed by atoms with E-state index in [0.29, 0.717) is 24.5 Å². The summed E-state index contributed by atoms with van der Waals surface area (Å²) in [5.41, 5.74) is 5.08. The molecule has 8 nitrogen and oxygen atoms in total. The first kappa shape index (κ1) is 19.4. The van der Waals surface area contributed by atoms with Crippen LogP contribution >= 0.6 is 0 Å². The second-order valence-electron chi connectivity index (χ2n) is 8.27.